The van der Waals surface area contributed by atoms with Crippen LogP contribution in [0.4, 0.5) is 0 Å². The molecule has 4 heteroatoms. The highest BCUT2D eigenvalue weighted by Gasteiger charge is 2.45. The molecule has 0 bridgehead atoms. The van der Waals surface area contributed by atoms with Crippen LogP contribution in [0.5, 0.6) is 0 Å². The third-order valence-electron chi connectivity index (χ3n) is 5.73. The molecule has 2 aliphatic heterocycles. The van der Waals surface area contributed by atoms with Crippen LogP contribution in [0, 0.1) is 5.92 Å². The summed E-state index contributed by atoms with van der Waals surface area (Å²) in [4.78, 5) is 2.72. The fourth-order valence-corrected chi connectivity index (χ4v) is 4.35. The van der Waals surface area contributed by atoms with Crippen LogP contribution in [0.15, 0.2) is 0 Å². The van der Waals surface area contributed by atoms with Gasteiger partial charge in [0.25, 0.3) is 0 Å². The van der Waals surface area contributed by atoms with E-state index >= 15 is 0 Å². The standard InChI is InChI=1S/C17H30N2O2/c1-2-8-17(7-1)20-13-16(21-17)12-19(15-3-4-15)11-14-5-9-18-10-6-14/h14-16,18H,1-13H2. The molecule has 4 rings (SSSR count). The summed E-state index contributed by atoms with van der Waals surface area (Å²) in [5.41, 5.74) is 0. The fourth-order valence-electron chi connectivity index (χ4n) is 4.35. The third-order valence-corrected chi connectivity index (χ3v) is 5.73. The molecule has 0 radical (unpaired) electrons. The van der Waals surface area contributed by atoms with Gasteiger partial charge in [-0.05, 0) is 57.5 Å². The van der Waals surface area contributed by atoms with E-state index in [0.717, 1.165) is 38.0 Å². The smallest absolute Gasteiger partial charge is 0.168 e. The minimum Gasteiger partial charge on any atom is -0.347 e. The predicted molar refractivity (Wildman–Crippen MR) is 82.2 cm³/mol. The van der Waals surface area contributed by atoms with Crippen LogP contribution in [0.3, 0.4) is 0 Å². The Balaban J connectivity index is 1.30. The van der Waals surface area contributed by atoms with Gasteiger partial charge in [-0.2, -0.15) is 0 Å². The summed E-state index contributed by atoms with van der Waals surface area (Å²) in [6, 6.07) is 0.837. The van der Waals surface area contributed by atoms with Crippen LogP contribution in [0.2, 0.25) is 0 Å². The molecule has 0 aromatic heterocycles. The highest BCUT2D eigenvalue weighted by Crippen LogP contribution is 2.40. The summed E-state index contributed by atoms with van der Waals surface area (Å²) < 4.78 is 12.4. The molecule has 4 aliphatic rings. The average molecular weight is 294 g/mol. The lowest BCUT2D eigenvalue weighted by molar-refractivity contribution is -0.163. The Labute approximate surface area is 128 Å². The van der Waals surface area contributed by atoms with Gasteiger partial charge in [-0.15, -0.1) is 0 Å². The van der Waals surface area contributed by atoms with Crippen LogP contribution in [0.1, 0.15) is 51.4 Å². The van der Waals surface area contributed by atoms with Gasteiger partial charge in [-0.3, -0.25) is 4.90 Å². The van der Waals surface area contributed by atoms with Gasteiger partial charge < -0.3 is 14.8 Å². The number of rotatable bonds is 5. The predicted octanol–water partition coefficient (Wildman–Crippen LogP) is 2.14. The minimum atomic E-state index is -0.186. The Morgan fingerprint density at radius 3 is 2.48 bits per heavy atom. The quantitative estimate of drug-likeness (QED) is 0.842. The second kappa shape index (κ2) is 6.15. The molecule has 2 aliphatic carbocycles. The molecule has 1 N–H and O–H groups in total. The fraction of sp³-hybridized carbons (Fsp3) is 1.00. The number of hydrogen-bond donors (Lipinski definition) is 1. The summed E-state index contributed by atoms with van der Waals surface area (Å²) in [6.07, 6.45) is 10.5. The van der Waals surface area contributed by atoms with E-state index in [2.05, 4.69) is 10.2 Å². The van der Waals surface area contributed by atoms with Crippen molar-refractivity contribution >= 4 is 0 Å². The Morgan fingerprint density at radius 2 is 1.76 bits per heavy atom. The molecule has 2 heterocycles. The summed E-state index contributed by atoms with van der Waals surface area (Å²) in [5.74, 6) is 0.698. The molecule has 4 nitrogen and oxygen atoms in total. The average Bonchev–Trinajstić information content (AvgIpc) is 3.15. The van der Waals surface area contributed by atoms with Crippen LogP contribution >= 0.6 is 0 Å². The molecule has 0 amide bonds. The molecule has 2 saturated heterocycles. The SMILES string of the molecule is C1CCC2(C1)OCC(CN(CC1CCNCC1)C1CC1)O2. The summed E-state index contributed by atoms with van der Waals surface area (Å²) in [5, 5.41) is 3.48. The summed E-state index contributed by atoms with van der Waals surface area (Å²) >= 11 is 0. The number of nitrogens with zero attached hydrogens (tertiary/aromatic N) is 1. The zero-order valence-electron chi connectivity index (χ0n) is 13.2. The van der Waals surface area contributed by atoms with Crippen LogP contribution < -0.4 is 5.32 Å². The second-order valence-corrected chi connectivity index (χ2v) is 7.55. The number of ether oxygens (including phenoxy) is 2. The topological polar surface area (TPSA) is 33.7 Å². The normalized spacial score (nSPS) is 33.3. The van der Waals surface area contributed by atoms with E-state index in [-0.39, 0.29) is 5.79 Å². The lowest BCUT2D eigenvalue weighted by Crippen LogP contribution is -2.41. The van der Waals surface area contributed by atoms with Gasteiger partial charge in [-0.25, -0.2) is 0 Å². The van der Waals surface area contributed by atoms with Crippen LogP contribution in [-0.4, -0.2) is 55.6 Å². The molecule has 1 unspecified atom stereocenters. The van der Waals surface area contributed by atoms with Crippen molar-refractivity contribution in [2.24, 2.45) is 5.92 Å². The van der Waals surface area contributed by atoms with E-state index < -0.39 is 0 Å². The van der Waals surface area contributed by atoms with Crippen molar-refractivity contribution in [1.82, 2.24) is 10.2 Å². The molecule has 1 spiro atoms. The van der Waals surface area contributed by atoms with E-state index in [1.807, 2.05) is 0 Å². The van der Waals surface area contributed by atoms with Gasteiger partial charge in [0.15, 0.2) is 5.79 Å². The molecule has 4 fully saturated rings. The molecular formula is C17H30N2O2. The third kappa shape index (κ3) is 3.44. The highest BCUT2D eigenvalue weighted by molar-refractivity contribution is 4.90. The van der Waals surface area contributed by atoms with Gasteiger partial charge in [0, 0.05) is 32.0 Å². The number of piperidine rings is 1. The lowest BCUT2D eigenvalue weighted by atomic mass is 9.97. The van der Waals surface area contributed by atoms with Crippen molar-refractivity contribution < 1.29 is 9.47 Å². The second-order valence-electron chi connectivity index (χ2n) is 7.55. The molecule has 0 aromatic carbocycles. The first-order valence-corrected chi connectivity index (χ1v) is 9.10. The molecule has 2 saturated carbocycles. The monoisotopic (exact) mass is 294 g/mol. The molecule has 1 atom stereocenters. The first kappa shape index (κ1) is 14.4. The lowest BCUT2D eigenvalue weighted by Gasteiger charge is -2.31. The van der Waals surface area contributed by atoms with Crippen molar-refractivity contribution in [3.8, 4) is 0 Å². The van der Waals surface area contributed by atoms with Gasteiger partial charge >= 0.3 is 0 Å². The van der Waals surface area contributed by atoms with Crippen molar-refractivity contribution in [3.63, 3.8) is 0 Å². The zero-order chi connectivity index (χ0) is 14.1. The maximum absolute atomic E-state index is 6.33. The first-order chi connectivity index (χ1) is 10.3. The van der Waals surface area contributed by atoms with E-state index in [1.165, 1.54) is 58.2 Å². The maximum atomic E-state index is 6.33. The van der Waals surface area contributed by atoms with E-state index in [4.69, 9.17) is 9.47 Å². The minimum absolute atomic E-state index is 0.186. The molecule has 0 aromatic rings. The van der Waals surface area contributed by atoms with Crippen LogP contribution in [-0.2, 0) is 9.47 Å². The summed E-state index contributed by atoms with van der Waals surface area (Å²) in [7, 11) is 0. The Kier molecular flexibility index (Phi) is 4.23. The number of nitrogens with one attached hydrogen (secondary N) is 1. The Morgan fingerprint density at radius 1 is 1.00 bits per heavy atom. The molecule has 120 valence electrons. The molecular weight excluding hydrogens is 264 g/mol. The van der Waals surface area contributed by atoms with Crippen LogP contribution in [0.25, 0.3) is 0 Å². The van der Waals surface area contributed by atoms with Crippen molar-refractivity contribution in [2.75, 3.05) is 32.8 Å². The first-order valence-electron chi connectivity index (χ1n) is 9.10. The Bertz CT molecular complexity index is 347. The largest absolute Gasteiger partial charge is 0.347 e. The van der Waals surface area contributed by atoms with Crippen molar-refractivity contribution in [1.29, 1.82) is 0 Å². The van der Waals surface area contributed by atoms with Gasteiger partial charge in [0.1, 0.15) is 0 Å². The van der Waals surface area contributed by atoms with E-state index in [9.17, 15) is 0 Å². The zero-order valence-corrected chi connectivity index (χ0v) is 13.2. The van der Waals surface area contributed by atoms with Crippen molar-refractivity contribution in [3.05, 3.63) is 0 Å². The summed E-state index contributed by atoms with van der Waals surface area (Å²) in [6.45, 7) is 5.59. The van der Waals surface area contributed by atoms with Gasteiger partial charge in [-0.1, -0.05) is 0 Å². The maximum Gasteiger partial charge on any atom is 0.168 e. The Hall–Kier alpha value is -0.160. The van der Waals surface area contributed by atoms with Gasteiger partial charge in [0.2, 0.25) is 0 Å². The van der Waals surface area contributed by atoms with Gasteiger partial charge in [0.05, 0.1) is 12.7 Å². The number of hydrogen-bond acceptors (Lipinski definition) is 4. The highest BCUT2D eigenvalue weighted by atomic mass is 16.7. The van der Waals surface area contributed by atoms with Crippen molar-refractivity contribution in [2.45, 2.75) is 69.3 Å². The van der Waals surface area contributed by atoms with E-state index in [1.54, 1.807) is 0 Å². The van der Waals surface area contributed by atoms with E-state index in [0.29, 0.717) is 6.10 Å². The molecule has 21 heavy (non-hydrogen) atoms.